The molecule has 0 saturated carbocycles. The van der Waals surface area contributed by atoms with E-state index in [-0.39, 0.29) is 5.56 Å². The molecule has 8 heteroatoms. The van der Waals surface area contributed by atoms with Crippen molar-refractivity contribution in [1.82, 2.24) is 14.9 Å². The fourth-order valence-corrected chi connectivity index (χ4v) is 4.70. The van der Waals surface area contributed by atoms with Crippen molar-refractivity contribution in [2.24, 2.45) is 0 Å². The molecule has 0 aliphatic carbocycles. The molecule has 0 amide bonds. The van der Waals surface area contributed by atoms with Gasteiger partial charge in [0.25, 0.3) is 0 Å². The summed E-state index contributed by atoms with van der Waals surface area (Å²) in [6.45, 7) is 3.98. The molecule has 1 aliphatic rings. The Kier molecular flexibility index (Phi) is 5.89. The number of methoxy groups -OCH3 is 1. The van der Waals surface area contributed by atoms with Crippen LogP contribution in [0, 0.1) is 0 Å². The second kappa shape index (κ2) is 9.00. The van der Waals surface area contributed by atoms with Crippen molar-refractivity contribution in [3.05, 3.63) is 65.4 Å². The maximum absolute atomic E-state index is 11.3. The highest BCUT2D eigenvalue weighted by atomic mass is 35.5. The van der Waals surface area contributed by atoms with Crippen molar-refractivity contribution in [3.63, 3.8) is 0 Å². The maximum atomic E-state index is 11.3. The molecule has 2 N–H and O–H groups in total. The lowest BCUT2D eigenvalue weighted by Crippen LogP contribution is -2.44. The number of anilines is 1. The number of piperazine rings is 1. The lowest BCUT2D eigenvalue weighted by molar-refractivity contribution is 0.0697. The van der Waals surface area contributed by atoms with Crippen LogP contribution in [0.25, 0.3) is 33.3 Å². The van der Waals surface area contributed by atoms with Gasteiger partial charge in [-0.25, -0.2) is 9.78 Å². The van der Waals surface area contributed by atoms with E-state index in [4.69, 9.17) is 16.3 Å². The number of ether oxygens (including phenoxy) is 1. The summed E-state index contributed by atoms with van der Waals surface area (Å²) in [6, 6.07) is 13.1. The smallest absolute Gasteiger partial charge is 0.335 e. The second-order valence-corrected chi connectivity index (χ2v) is 8.91. The number of H-pyrrole nitrogens is 1. The van der Waals surface area contributed by atoms with Gasteiger partial charge in [-0.3, -0.25) is 0 Å². The number of benzene rings is 2. The molecule has 1 fully saturated rings. The van der Waals surface area contributed by atoms with Crippen LogP contribution in [0.3, 0.4) is 0 Å². The number of carboxylic acid groups (broad SMARTS) is 1. The Hall–Kier alpha value is -3.55. The van der Waals surface area contributed by atoms with Gasteiger partial charge in [-0.05, 0) is 42.9 Å². The second-order valence-electron chi connectivity index (χ2n) is 8.50. The Morgan fingerprint density at radius 3 is 2.56 bits per heavy atom. The Labute approximate surface area is 202 Å². The molecule has 0 unspecified atom stereocenters. The molecule has 5 rings (SSSR count). The summed E-state index contributed by atoms with van der Waals surface area (Å²) < 4.78 is 5.75. The minimum atomic E-state index is -1.01. The van der Waals surface area contributed by atoms with E-state index >= 15 is 0 Å². The van der Waals surface area contributed by atoms with Crippen LogP contribution in [0.2, 0.25) is 5.02 Å². The predicted octanol–water partition coefficient (Wildman–Crippen LogP) is 5.01. The summed E-state index contributed by atoms with van der Waals surface area (Å²) >= 11 is 6.44. The van der Waals surface area contributed by atoms with Crippen molar-refractivity contribution in [1.29, 1.82) is 0 Å². The molecule has 34 heavy (non-hydrogen) atoms. The summed E-state index contributed by atoms with van der Waals surface area (Å²) in [5, 5.41) is 10.5. The predicted molar refractivity (Wildman–Crippen MR) is 135 cm³/mol. The average molecular weight is 477 g/mol. The van der Waals surface area contributed by atoms with Gasteiger partial charge in [-0.2, -0.15) is 0 Å². The molecule has 1 saturated heterocycles. The SMILES string of the molecule is COc1cc(-c2cnc3[nH]cc(-c4ccc(C(=O)O)cc4Cl)c3c2)ccc1N1CCN(C)CC1. The lowest BCUT2D eigenvalue weighted by atomic mass is 10.0. The zero-order valence-corrected chi connectivity index (χ0v) is 19.8. The van der Waals surface area contributed by atoms with Gasteiger partial charge in [-0.1, -0.05) is 23.7 Å². The lowest BCUT2D eigenvalue weighted by Gasteiger charge is -2.34. The molecule has 2 aromatic carbocycles. The van der Waals surface area contributed by atoms with Gasteiger partial charge in [0.15, 0.2) is 0 Å². The van der Waals surface area contributed by atoms with E-state index in [2.05, 4.69) is 51.1 Å². The third kappa shape index (κ3) is 4.08. The van der Waals surface area contributed by atoms with E-state index in [1.54, 1.807) is 19.2 Å². The Bertz CT molecular complexity index is 1380. The summed E-state index contributed by atoms with van der Waals surface area (Å²) in [6.07, 6.45) is 3.68. The number of aromatic amines is 1. The number of pyridine rings is 1. The van der Waals surface area contributed by atoms with Crippen LogP contribution in [0.5, 0.6) is 5.75 Å². The molecule has 0 bridgehead atoms. The standard InChI is InChI=1S/C26H25ClN4O3/c1-30-7-9-31(10-8-30)23-6-4-16(13-24(23)34-2)18-11-20-21(15-29-25(20)28-14-18)19-5-3-17(26(32)33)12-22(19)27/h3-6,11-15H,7-10H2,1-2H3,(H,28,29)(H,32,33). The molecular weight excluding hydrogens is 452 g/mol. The zero-order chi connectivity index (χ0) is 23.8. The van der Waals surface area contributed by atoms with Crippen LogP contribution in [0.1, 0.15) is 10.4 Å². The van der Waals surface area contributed by atoms with Crippen molar-refractivity contribution in [3.8, 4) is 28.0 Å². The third-order valence-electron chi connectivity index (χ3n) is 6.39. The number of likely N-dealkylation sites (N-methyl/N-ethyl adjacent to an activating group) is 1. The van der Waals surface area contributed by atoms with Crippen LogP contribution in [0.15, 0.2) is 54.9 Å². The van der Waals surface area contributed by atoms with Crippen molar-refractivity contribution in [2.75, 3.05) is 45.2 Å². The van der Waals surface area contributed by atoms with Crippen LogP contribution >= 0.6 is 11.6 Å². The molecule has 7 nitrogen and oxygen atoms in total. The van der Waals surface area contributed by atoms with E-state index in [1.807, 2.05) is 12.4 Å². The first-order chi connectivity index (χ1) is 16.4. The van der Waals surface area contributed by atoms with Gasteiger partial charge in [0.2, 0.25) is 0 Å². The monoisotopic (exact) mass is 476 g/mol. The molecule has 174 valence electrons. The number of halogens is 1. The number of hydrogen-bond acceptors (Lipinski definition) is 5. The summed E-state index contributed by atoms with van der Waals surface area (Å²) in [5.74, 6) is -0.172. The van der Waals surface area contributed by atoms with Crippen LogP contribution in [0.4, 0.5) is 5.69 Å². The van der Waals surface area contributed by atoms with Gasteiger partial charge in [0, 0.05) is 65.7 Å². The first-order valence-electron chi connectivity index (χ1n) is 11.1. The molecule has 0 spiro atoms. The van der Waals surface area contributed by atoms with Crippen LogP contribution in [-0.4, -0.2) is 66.3 Å². The molecular formula is C26H25ClN4O3. The van der Waals surface area contributed by atoms with E-state index in [0.29, 0.717) is 5.02 Å². The van der Waals surface area contributed by atoms with Gasteiger partial charge >= 0.3 is 5.97 Å². The number of carboxylic acids is 1. The summed E-state index contributed by atoms with van der Waals surface area (Å²) in [4.78, 5) is 23.7. The molecule has 0 radical (unpaired) electrons. The molecule has 0 atom stereocenters. The fourth-order valence-electron chi connectivity index (χ4n) is 4.42. The molecule has 1 aliphatic heterocycles. The fraction of sp³-hybridized carbons (Fsp3) is 0.231. The van der Waals surface area contributed by atoms with E-state index in [1.165, 1.54) is 6.07 Å². The number of nitrogens with one attached hydrogen (secondary N) is 1. The Morgan fingerprint density at radius 2 is 1.85 bits per heavy atom. The van der Waals surface area contributed by atoms with Gasteiger partial charge < -0.3 is 24.6 Å². The van der Waals surface area contributed by atoms with Gasteiger partial charge in [0.05, 0.1) is 18.4 Å². The first-order valence-corrected chi connectivity index (χ1v) is 11.4. The number of carbonyl (C=O) groups is 1. The normalized spacial score (nSPS) is 14.5. The van der Waals surface area contributed by atoms with E-state index in [9.17, 15) is 9.90 Å². The topological polar surface area (TPSA) is 81.7 Å². The number of aromatic carboxylic acids is 1. The van der Waals surface area contributed by atoms with Crippen molar-refractivity contribution in [2.45, 2.75) is 0 Å². The highest BCUT2D eigenvalue weighted by Crippen LogP contribution is 2.37. The first kappa shape index (κ1) is 22.3. The largest absolute Gasteiger partial charge is 0.495 e. The third-order valence-corrected chi connectivity index (χ3v) is 6.71. The average Bonchev–Trinajstić information content (AvgIpc) is 3.27. The number of rotatable bonds is 5. The number of nitrogens with zero attached hydrogens (tertiary/aromatic N) is 3. The minimum absolute atomic E-state index is 0.153. The Balaban J connectivity index is 1.52. The minimum Gasteiger partial charge on any atom is -0.495 e. The van der Waals surface area contributed by atoms with Crippen molar-refractivity contribution < 1.29 is 14.6 Å². The zero-order valence-electron chi connectivity index (χ0n) is 19.0. The van der Waals surface area contributed by atoms with Gasteiger partial charge in [0.1, 0.15) is 11.4 Å². The molecule has 4 aromatic rings. The Morgan fingerprint density at radius 1 is 1.06 bits per heavy atom. The number of aromatic nitrogens is 2. The van der Waals surface area contributed by atoms with Crippen LogP contribution < -0.4 is 9.64 Å². The quantitative estimate of drug-likeness (QED) is 0.421. The summed E-state index contributed by atoms with van der Waals surface area (Å²) in [7, 11) is 3.84. The maximum Gasteiger partial charge on any atom is 0.335 e. The highest BCUT2D eigenvalue weighted by Gasteiger charge is 2.19. The van der Waals surface area contributed by atoms with Gasteiger partial charge in [-0.15, -0.1) is 0 Å². The van der Waals surface area contributed by atoms with E-state index < -0.39 is 5.97 Å². The van der Waals surface area contributed by atoms with E-state index in [0.717, 1.165) is 70.9 Å². The molecule has 2 aromatic heterocycles. The highest BCUT2D eigenvalue weighted by molar-refractivity contribution is 6.34. The number of fused-ring (bicyclic) bond motifs is 1. The molecule has 3 heterocycles. The summed E-state index contributed by atoms with van der Waals surface area (Å²) in [5.41, 5.74) is 5.56. The van der Waals surface area contributed by atoms with Crippen LogP contribution in [-0.2, 0) is 0 Å². The number of hydrogen-bond donors (Lipinski definition) is 2. The van der Waals surface area contributed by atoms with Crippen molar-refractivity contribution >= 4 is 34.3 Å².